The van der Waals surface area contributed by atoms with Crippen LogP contribution in [-0.4, -0.2) is 73.1 Å². The molecule has 0 saturated carbocycles. The molecule has 0 N–H and O–H groups in total. The number of hydrogen-bond donors (Lipinski definition) is 0. The number of likely N-dealkylation sites (tertiary alicyclic amines) is 2. The lowest BCUT2D eigenvalue weighted by Gasteiger charge is -2.48. The van der Waals surface area contributed by atoms with Gasteiger partial charge in [-0.1, -0.05) is 0 Å². The molecule has 21 heavy (non-hydrogen) atoms. The first-order valence-corrected chi connectivity index (χ1v) is 9.08. The molecule has 0 aliphatic carbocycles. The largest absolute Gasteiger partial charge is 0.303 e. The van der Waals surface area contributed by atoms with Gasteiger partial charge in [-0.2, -0.15) is 0 Å². The van der Waals surface area contributed by atoms with Crippen molar-refractivity contribution in [3.63, 3.8) is 0 Å². The fraction of sp³-hybridized carbons (Fsp3) is 1.00. The third-order valence-electron chi connectivity index (χ3n) is 6.16. The quantitative estimate of drug-likeness (QED) is 0.772. The average molecular weight is 296 g/mol. The van der Waals surface area contributed by atoms with Crippen molar-refractivity contribution < 1.29 is 0 Å². The second-order valence-corrected chi connectivity index (χ2v) is 8.05. The van der Waals surface area contributed by atoms with Gasteiger partial charge in [0.2, 0.25) is 0 Å². The molecule has 2 rings (SSSR count). The van der Waals surface area contributed by atoms with Crippen molar-refractivity contribution in [2.75, 3.05) is 46.3 Å². The second-order valence-electron chi connectivity index (χ2n) is 8.05. The molecule has 0 unspecified atom stereocenters. The Hall–Kier alpha value is -0.120. The van der Waals surface area contributed by atoms with Gasteiger partial charge in [-0.05, 0) is 92.0 Å². The lowest BCUT2D eigenvalue weighted by molar-refractivity contribution is 0.0227. The highest BCUT2D eigenvalue weighted by Crippen LogP contribution is 2.41. The van der Waals surface area contributed by atoms with Crippen molar-refractivity contribution >= 4 is 0 Å². The van der Waals surface area contributed by atoms with Crippen LogP contribution in [0.25, 0.3) is 0 Å². The Balaban J connectivity index is 1.71. The van der Waals surface area contributed by atoms with Gasteiger partial charge in [0.15, 0.2) is 0 Å². The molecule has 0 aromatic heterocycles. The van der Waals surface area contributed by atoms with E-state index in [1.807, 2.05) is 0 Å². The van der Waals surface area contributed by atoms with Gasteiger partial charge in [0.05, 0.1) is 0 Å². The van der Waals surface area contributed by atoms with E-state index in [0.717, 1.165) is 6.04 Å². The molecule has 2 heterocycles. The molecule has 0 bridgehead atoms. The lowest BCUT2D eigenvalue weighted by Crippen LogP contribution is -2.49. The van der Waals surface area contributed by atoms with Gasteiger partial charge in [-0.3, -0.25) is 0 Å². The van der Waals surface area contributed by atoms with Crippen LogP contribution in [0.4, 0.5) is 0 Å². The maximum atomic E-state index is 2.69. The van der Waals surface area contributed by atoms with Crippen molar-refractivity contribution in [1.29, 1.82) is 0 Å². The fourth-order valence-electron chi connectivity index (χ4n) is 3.82. The van der Waals surface area contributed by atoms with Gasteiger partial charge in [0.1, 0.15) is 0 Å². The topological polar surface area (TPSA) is 9.72 Å². The molecule has 0 aromatic carbocycles. The number of piperidine rings is 2. The van der Waals surface area contributed by atoms with Gasteiger partial charge >= 0.3 is 0 Å². The van der Waals surface area contributed by atoms with Crippen molar-refractivity contribution in [3.05, 3.63) is 0 Å². The van der Waals surface area contributed by atoms with E-state index in [4.69, 9.17) is 0 Å². The van der Waals surface area contributed by atoms with Crippen molar-refractivity contribution in [2.24, 2.45) is 5.41 Å². The minimum Gasteiger partial charge on any atom is -0.303 e. The van der Waals surface area contributed by atoms with Crippen LogP contribution in [0.1, 0.15) is 53.4 Å². The van der Waals surface area contributed by atoms with E-state index >= 15 is 0 Å². The predicted molar refractivity (Wildman–Crippen MR) is 91.8 cm³/mol. The molecule has 0 aromatic rings. The summed E-state index contributed by atoms with van der Waals surface area (Å²) in [6.45, 7) is 17.0. The Morgan fingerprint density at radius 3 is 1.90 bits per heavy atom. The molecule has 124 valence electrons. The third-order valence-corrected chi connectivity index (χ3v) is 6.16. The average Bonchev–Trinajstić information content (AvgIpc) is 2.47. The zero-order valence-corrected chi connectivity index (χ0v) is 15.1. The minimum absolute atomic E-state index is 0.668. The van der Waals surface area contributed by atoms with E-state index in [-0.39, 0.29) is 0 Å². The number of likely N-dealkylation sites (N-methyl/N-ethyl adjacent to an activating group) is 1. The maximum Gasteiger partial charge on any atom is 0.0109 e. The molecule has 3 heteroatoms. The first kappa shape index (κ1) is 17.2. The van der Waals surface area contributed by atoms with Gasteiger partial charge in [0.25, 0.3) is 0 Å². The smallest absolute Gasteiger partial charge is 0.0109 e. The van der Waals surface area contributed by atoms with Crippen LogP contribution >= 0.6 is 0 Å². The first-order chi connectivity index (χ1) is 9.92. The normalized spacial score (nSPS) is 24.6. The van der Waals surface area contributed by atoms with E-state index in [1.165, 1.54) is 65.0 Å². The molecule has 0 amide bonds. The van der Waals surface area contributed by atoms with E-state index in [1.54, 1.807) is 0 Å². The summed E-state index contributed by atoms with van der Waals surface area (Å²) in [4.78, 5) is 7.82. The van der Waals surface area contributed by atoms with Gasteiger partial charge in [-0.25, -0.2) is 0 Å². The van der Waals surface area contributed by atoms with Crippen molar-refractivity contribution in [2.45, 2.75) is 65.5 Å². The van der Waals surface area contributed by atoms with Crippen LogP contribution in [-0.2, 0) is 0 Å². The van der Waals surface area contributed by atoms with Crippen LogP contribution in [0.5, 0.6) is 0 Å². The SMILES string of the molecule is CC(C)N(C)CCN1CCC2(CC1)CCN(C(C)C)CC2. The summed E-state index contributed by atoms with van der Waals surface area (Å²) in [6, 6.07) is 1.40. The van der Waals surface area contributed by atoms with Crippen molar-refractivity contribution in [1.82, 2.24) is 14.7 Å². The third kappa shape index (κ3) is 4.67. The van der Waals surface area contributed by atoms with Gasteiger partial charge in [-0.15, -0.1) is 0 Å². The molecule has 0 atom stereocenters. The standard InChI is InChI=1S/C18H37N3/c1-16(2)19(5)14-15-20-10-6-18(7-11-20)8-12-21(13-9-18)17(3)4/h16-17H,6-15H2,1-5H3. The number of rotatable bonds is 5. The number of nitrogens with zero attached hydrogens (tertiary/aromatic N) is 3. The summed E-state index contributed by atoms with van der Waals surface area (Å²) in [5.41, 5.74) is 0.686. The molecule has 2 saturated heterocycles. The van der Waals surface area contributed by atoms with Crippen LogP contribution < -0.4 is 0 Å². The second kappa shape index (κ2) is 7.43. The zero-order chi connectivity index (χ0) is 15.5. The monoisotopic (exact) mass is 295 g/mol. The molecular formula is C18H37N3. The van der Waals surface area contributed by atoms with Crippen LogP contribution in [0.15, 0.2) is 0 Å². The zero-order valence-electron chi connectivity index (χ0n) is 15.1. The predicted octanol–water partition coefficient (Wildman–Crippen LogP) is 2.91. The van der Waals surface area contributed by atoms with E-state index < -0.39 is 0 Å². The Morgan fingerprint density at radius 1 is 0.905 bits per heavy atom. The Labute approximate surface area is 132 Å². The van der Waals surface area contributed by atoms with E-state index in [0.29, 0.717) is 11.5 Å². The molecular weight excluding hydrogens is 258 g/mol. The molecule has 2 fully saturated rings. The molecule has 2 aliphatic rings. The maximum absolute atomic E-state index is 2.69. The Kier molecular flexibility index (Phi) is 6.10. The van der Waals surface area contributed by atoms with Crippen LogP contribution in [0, 0.1) is 5.41 Å². The summed E-state index contributed by atoms with van der Waals surface area (Å²) in [6.07, 6.45) is 5.74. The van der Waals surface area contributed by atoms with Gasteiger partial charge < -0.3 is 14.7 Å². The lowest BCUT2D eigenvalue weighted by atomic mass is 9.71. The molecule has 2 aliphatic heterocycles. The summed E-state index contributed by atoms with van der Waals surface area (Å²) in [7, 11) is 2.25. The van der Waals surface area contributed by atoms with Crippen LogP contribution in [0.2, 0.25) is 0 Å². The Morgan fingerprint density at radius 2 is 1.43 bits per heavy atom. The van der Waals surface area contributed by atoms with E-state index in [2.05, 4.69) is 49.4 Å². The highest BCUT2D eigenvalue weighted by atomic mass is 15.2. The van der Waals surface area contributed by atoms with Crippen LogP contribution in [0.3, 0.4) is 0 Å². The summed E-state index contributed by atoms with van der Waals surface area (Å²) < 4.78 is 0. The van der Waals surface area contributed by atoms with Gasteiger partial charge in [0, 0.05) is 25.2 Å². The highest BCUT2D eigenvalue weighted by Gasteiger charge is 2.37. The number of hydrogen-bond acceptors (Lipinski definition) is 3. The summed E-state index contributed by atoms with van der Waals surface area (Å²) in [5.74, 6) is 0. The summed E-state index contributed by atoms with van der Waals surface area (Å²) in [5, 5.41) is 0. The molecule has 3 nitrogen and oxygen atoms in total. The highest BCUT2D eigenvalue weighted by molar-refractivity contribution is 4.91. The molecule has 1 spiro atoms. The summed E-state index contributed by atoms with van der Waals surface area (Å²) >= 11 is 0. The Bertz CT molecular complexity index is 296. The first-order valence-electron chi connectivity index (χ1n) is 9.08. The molecule has 0 radical (unpaired) electrons. The van der Waals surface area contributed by atoms with E-state index in [9.17, 15) is 0 Å². The minimum atomic E-state index is 0.668. The van der Waals surface area contributed by atoms with Crippen molar-refractivity contribution in [3.8, 4) is 0 Å². The fourth-order valence-corrected chi connectivity index (χ4v) is 3.82.